The van der Waals surface area contributed by atoms with Crippen molar-refractivity contribution in [1.82, 2.24) is 30.5 Å². The Balaban J connectivity index is 1.53. The number of aromatic nitrogens is 5. The zero-order valence-electron chi connectivity index (χ0n) is 11.5. The molecule has 0 bridgehead atoms. The molecule has 3 heterocycles. The summed E-state index contributed by atoms with van der Waals surface area (Å²) in [6.07, 6.45) is 7.07. The van der Waals surface area contributed by atoms with Crippen LogP contribution in [0.4, 0.5) is 0 Å². The summed E-state index contributed by atoms with van der Waals surface area (Å²) in [6.45, 7) is 1.33. The SMILES string of the molecule is O=C(Cc1nc(-c2cnccn2)n[nH]1)NCC1CCCO1. The largest absolute Gasteiger partial charge is 0.376 e. The summed E-state index contributed by atoms with van der Waals surface area (Å²) in [5, 5.41) is 9.62. The van der Waals surface area contributed by atoms with Crippen molar-refractivity contribution in [3.05, 3.63) is 24.4 Å². The molecule has 1 aliphatic rings. The van der Waals surface area contributed by atoms with Crippen LogP contribution in [0.5, 0.6) is 0 Å². The molecule has 1 fully saturated rings. The van der Waals surface area contributed by atoms with E-state index in [0.717, 1.165) is 19.4 Å². The maximum absolute atomic E-state index is 11.8. The Labute approximate surface area is 121 Å². The normalized spacial score (nSPS) is 17.8. The van der Waals surface area contributed by atoms with Crippen LogP contribution >= 0.6 is 0 Å². The zero-order valence-corrected chi connectivity index (χ0v) is 11.5. The van der Waals surface area contributed by atoms with Gasteiger partial charge in [0, 0.05) is 25.5 Å². The van der Waals surface area contributed by atoms with Crippen LogP contribution in [0.25, 0.3) is 11.5 Å². The van der Waals surface area contributed by atoms with Gasteiger partial charge >= 0.3 is 0 Å². The topological polar surface area (TPSA) is 106 Å². The molecule has 0 saturated carbocycles. The van der Waals surface area contributed by atoms with Gasteiger partial charge in [-0.1, -0.05) is 0 Å². The third-order valence-corrected chi connectivity index (χ3v) is 3.20. The van der Waals surface area contributed by atoms with E-state index in [0.29, 0.717) is 23.9 Å². The second kappa shape index (κ2) is 6.40. The van der Waals surface area contributed by atoms with Gasteiger partial charge in [0.2, 0.25) is 11.7 Å². The Morgan fingerprint density at radius 2 is 2.43 bits per heavy atom. The van der Waals surface area contributed by atoms with E-state index in [9.17, 15) is 4.79 Å². The smallest absolute Gasteiger partial charge is 0.227 e. The average molecular weight is 288 g/mol. The lowest BCUT2D eigenvalue weighted by atomic mass is 10.2. The Morgan fingerprint density at radius 3 is 3.19 bits per heavy atom. The molecule has 0 radical (unpaired) electrons. The van der Waals surface area contributed by atoms with Crippen molar-refractivity contribution in [1.29, 1.82) is 0 Å². The summed E-state index contributed by atoms with van der Waals surface area (Å²) in [6, 6.07) is 0. The van der Waals surface area contributed by atoms with E-state index in [4.69, 9.17) is 4.74 Å². The highest BCUT2D eigenvalue weighted by Gasteiger charge is 2.17. The number of nitrogens with one attached hydrogen (secondary N) is 2. The van der Waals surface area contributed by atoms with E-state index in [1.807, 2.05) is 0 Å². The molecule has 1 amide bonds. The molecule has 0 spiro atoms. The molecule has 0 aromatic carbocycles. The molecule has 2 N–H and O–H groups in total. The zero-order chi connectivity index (χ0) is 14.5. The van der Waals surface area contributed by atoms with E-state index >= 15 is 0 Å². The third-order valence-electron chi connectivity index (χ3n) is 3.20. The molecule has 1 unspecified atom stereocenters. The van der Waals surface area contributed by atoms with Crippen molar-refractivity contribution >= 4 is 5.91 Å². The fraction of sp³-hybridized carbons (Fsp3) is 0.462. The number of carbonyl (C=O) groups excluding carboxylic acids is 1. The van der Waals surface area contributed by atoms with Crippen molar-refractivity contribution in [3.8, 4) is 11.5 Å². The van der Waals surface area contributed by atoms with Gasteiger partial charge in [-0.3, -0.25) is 14.9 Å². The highest BCUT2D eigenvalue weighted by atomic mass is 16.5. The Morgan fingerprint density at radius 1 is 1.48 bits per heavy atom. The number of hydrogen-bond donors (Lipinski definition) is 2. The number of nitrogens with zero attached hydrogens (tertiary/aromatic N) is 4. The van der Waals surface area contributed by atoms with Gasteiger partial charge in [-0.15, -0.1) is 0 Å². The van der Waals surface area contributed by atoms with Crippen molar-refractivity contribution in [2.75, 3.05) is 13.2 Å². The molecule has 1 aliphatic heterocycles. The number of H-pyrrole nitrogens is 1. The van der Waals surface area contributed by atoms with Crippen LogP contribution in [0.15, 0.2) is 18.6 Å². The lowest BCUT2D eigenvalue weighted by Crippen LogP contribution is -2.33. The number of ether oxygens (including phenoxy) is 1. The molecule has 0 aliphatic carbocycles. The van der Waals surface area contributed by atoms with Gasteiger partial charge in [-0.2, -0.15) is 5.10 Å². The first-order chi connectivity index (χ1) is 10.3. The highest BCUT2D eigenvalue weighted by Crippen LogP contribution is 2.11. The van der Waals surface area contributed by atoms with Gasteiger partial charge in [0.05, 0.1) is 18.7 Å². The van der Waals surface area contributed by atoms with Gasteiger partial charge in [0.15, 0.2) is 0 Å². The second-order valence-corrected chi connectivity index (χ2v) is 4.81. The lowest BCUT2D eigenvalue weighted by Gasteiger charge is -2.09. The number of rotatable bonds is 5. The van der Waals surface area contributed by atoms with Gasteiger partial charge in [0.25, 0.3) is 0 Å². The predicted molar refractivity (Wildman–Crippen MR) is 73.1 cm³/mol. The van der Waals surface area contributed by atoms with Crippen molar-refractivity contribution in [2.45, 2.75) is 25.4 Å². The molecular formula is C13H16N6O2. The maximum atomic E-state index is 11.8. The summed E-state index contributed by atoms with van der Waals surface area (Å²) in [7, 11) is 0. The van der Waals surface area contributed by atoms with Crippen LogP contribution < -0.4 is 5.32 Å². The standard InChI is InChI=1S/C13H16N6O2/c20-12(16-7-9-2-1-5-21-9)6-11-17-13(19-18-11)10-8-14-3-4-15-10/h3-4,8-9H,1-2,5-7H2,(H,16,20)(H,17,18,19). The number of carbonyl (C=O) groups is 1. The molecule has 2 aromatic rings. The van der Waals surface area contributed by atoms with Crippen LogP contribution in [-0.2, 0) is 16.0 Å². The van der Waals surface area contributed by atoms with Gasteiger partial charge in [-0.25, -0.2) is 9.97 Å². The van der Waals surface area contributed by atoms with Crippen LogP contribution in [-0.4, -0.2) is 50.3 Å². The van der Waals surface area contributed by atoms with Gasteiger partial charge in [0.1, 0.15) is 11.5 Å². The molecule has 2 aromatic heterocycles. The minimum Gasteiger partial charge on any atom is -0.376 e. The van der Waals surface area contributed by atoms with Crippen LogP contribution in [0.3, 0.4) is 0 Å². The number of aromatic amines is 1. The molecule has 8 heteroatoms. The number of amides is 1. The quantitative estimate of drug-likeness (QED) is 0.808. The van der Waals surface area contributed by atoms with E-state index in [1.54, 1.807) is 18.6 Å². The van der Waals surface area contributed by atoms with Crippen molar-refractivity contribution < 1.29 is 9.53 Å². The van der Waals surface area contributed by atoms with E-state index in [2.05, 4.69) is 30.5 Å². The fourth-order valence-electron chi connectivity index (χ4n) is 2.15. The molecule has 3 rings (SSSR count). The summed E-state index contributed by atoms with van der Waals surface area (Å²) in [5.41, 5.74) is 0.569. The molecule has 8 nitrogen and oxygen atoms in total. The first-order valence-electron chi connectivity index (χ1n) is 6.87. The maximum Gasteiger partial charge on any atom is 0.227 e. The monoisotopic (exact) mass is 288 g/mol. The number of hydrogen-bond acceptors (Lipinski definition) is 6. The third kappa shape index (κ3) is 3.60. The van der Waals surface area contributed by atoms with Gasteiger partial charge in [-0.05, 0) is 12.8 Å². The van der Waals surface area contributed by atoms with Crippen molar-refractivity contribution in [2.24, 2.45) is 0 Å². The van der Waals surface area contributed by atoms with Gasteiger partial charge < -0.3 is 10.1 Å². The lowest BCUT2D eigenvalue weighted by molar-refractivity contribution is -0.121. The Hall–Kier alpha value is -2.35. The summed E-state index contributed by atoms with van der Waals surface area (Å²) >= 11 is 0. The molecule has 1 atom stereocenters. The van der Waals surface area contributed by atoms with E-state index in [1.165, 1.54) is 0 Å². The Bertz CT molecular complexity index is 594. The summed E-state index contributed by atoms with van der Waals surface area (Å²) < 4.78 is 5.45. The molecule has 1 saturated heterocycles. The Kier molecular flexibility index (Phi) is 4.15. The van der Waals surface area contributed by atoms with Crippen LogP contribution in [0, 0.1) is 0 Å². The van der Waals surface area contributed by atoms with E-state index < -0.39 is 0 Å². The molecule has 21 heavy (non-hydrogen) atoms. The molecular weight excluding hydrogens is 272 g/mol. The van der Waals surface area contributed by atoms with Crippen molar-refractivity contribution in [3.63, 3.8) is 0 Å². The first-order valence-corrected chi connectivity index (χ1v) is 6.87. The van der Waals surface area contributed by atoms with Crippen LogP contribution in [0.2, 0.25) is 0 Å². The minimum atomic E-state index is -0.104. The predicted octanol–water partition coefficient (Wildman–Crippen LogP) is 0.0994. The first kappa shape index (κ1) is 13.6. The minimum absolute atomic E-state index is 0.104. The van der Waals surface area contributed by atoms with Crippen LogP contribution in [0.1, 0.15) is 18.7 Å². The fourth-order valence-corrected chi connectivity index (χ4v) is 2.15. The second-order valence-electron chi connectivity index (χ2n) is 4.81. The average Bonchev–Trinajstić information content (AvgIpc) is 3.17. The summed E-state index contributed by atoms with van der Waals surface area (Å²) in [4.78, 5) is 24.1. The van der Waals surface area contributed by atoms with E-state index in [-0.39, 0.29) is 18.4 Å². The highest BCUT2D eigenvalue weighted by molar-refractivity contribution is 5.77. The molecule has 110 valence electrons. The summed E-state index contributed by atoms with van der Waals surface area (Å²) in [5.74, 6) is 0.831.